The number of ether oxygens (including phenoxy) is 2. The van der Waals surface area contributed by atoms with E-state index >= 15 is 0 Å². The van der Waals surface area contributed by atoms with Gasteiger partial charge in [0.1, 0.15) is 11.2 Å². The molecule has 7 heteroatoms. The van der Waals surface area contributed by atoms with E-state index in [4.69, 9.17) is 21.1 Å². The smallest absolute Gasteiger partial charge is 0.425 e. The third kappa shape index (κ3) is 5.52. The maximum absolute atomic E-state index is 12.3. The minimum atomic E-state index is -0.901. The number of hydrogen-bond donors (Lipinski definition) is 0. The van der Waals surface area contributed by atoms with Gasteiger partial charge in [0.2, 0.25) is 0 Å². The highest BCUT2D eigenvalue weighted by molar-refractivity contribution is 6.34. The van der Waals surface area contributed by atoms with Gasteiger partial charge in [0.05, 0.1) is 5.02 Å². The summed E-state index contributed by atoms with van der Waals surface area (Å²) in [6.07, 6.45) is -0.382. The zero-order chi connectivity index (χ0) is 17.1. The van der Waals surface area contributed by atoms with Crippen molar-refractivity contribution in [3.05, 3.63) is 23.4 Å². The molecule has 0 saturated heterocycles. The van der Waals surface area contributed by atoms with Gasteiger partial charge in [0.15, 0.2) is 5.82 Å². The molecule has 1 rings (SSSR count). The fourth-order valence-corrected chi connectivity index (χ4v) is 1.61. The molecular weight excluding hydrogens is 308 g/mol. The van der Waals surface area contributed by atoms with Crippen molar-refractivity contribution < 1.29 is 19.1 Å². The summed E-state index contributed by atoms with van der Waals surface area (Å²) < 4.78 is 10.5. The second-order valence-electron chi connectivity index (χ2n) is 6.60. The summed E-state index contributed by atoms with van der Waals surface area (Å²) in [5, 5.41) is 0.138. The average molecular weight is 329 g/mol. The van der Waals surface area contributed by atoms with Crippen molar-refractivity contribution in [1.29, 1.82) is 0 Å². The fourth-order valence-electron chi connectivity index (χ4n) is 1.40. The van der Waals surface area contributed by atoms with E-state index < -0.39 is 23.4 Å². The number of pyridine rings is 1. The Bertz CT molecular complexity index is 533. The monoisotopic (exact) mass is 328 g/mol. The first-order chi connectivity index (χ1) is 9.91. The molecule has 1 aromatic heterocycles. The number of nitrogens with zero attached hydrogens (tertiary/aromatic N) is 2. The molecule has 0 aliphatic carbocycles. The molecule has 1 heterocycles. The van der Waals surface area contributed by atoms with Gasteiger partial charge in [0, 0.05) is 6.20 Å². The molecule has 0 atom stereocenters. The Morgan fingerprint density at radius 3 is 1.86 bits per heavy atom. The number of carbonyl (C=O) groups is 2. The van der Waals surface area contributed by atoms with E-state index in [9.17, 15) is 9.59 Å². The van der Waals surface area contributed by atoms with Crippen LogP contribution in [0.15, 0.2) is 18.3 Å². The van der Waals surface area contributed by atoms with Crippen molar-refractivity contribution in [3.8, 4) is 0 Å². The van der Waals surface area contributed by atoms with Gasteiger partial charge in [-0.15, -0.1) is 0 Å². The zero-order valence-electron chi connectivity index (χ0n) is 13.6. The Kier molecular flexibility index (Phi) is 5.40. The van der Waals surface area contributed by atoms with E-state index in [-0.39, 0.29) is 10.8 Å². The third-order valence-corrected chi connectivity index (χ3v) is 2.40. The van der Waals surface area contributed by atoms with Gasteiger partial charge in [-0.3, -0.25) is 0 Å². The molecule has 0 aromatic carbocycles. The highest BCUT2D eigenvalue weighted by Gasteiger charge is 2.34. The largest absolute Gasteiger partial charge is 0.443 e. The lowest BCUT2D eigenvalue weighted by Crippen LogP contribution is -2.44. The van der Waals surface area contributed by atoms with Crippen molar-refractivity contribution in [3.63, 3.8) is 0 Å². The normalized spacial score (nSPS) is 11.8. The van der Waals surface area contributed by atoms with Crippen LogP contribution in [-0.2, 0) is 9.47 Å². The molecule has 1 aromatic rings. The SMILES string of the molecule is CC(C)(C)OC(=O)N(C(=O)OC(C)(C)C)c1ncccc1Cl. The van der Waals surface area contributed by atoms with E-state index in [0.29, 0.717) is 4.90 Å². The van der Waals surface area contributed by atoms with Crippen LogP contribution in [0.4, 0.5) is 15.4 Å². The van der Waals surface area contributed by atoms with Crippen LogP contribution < -0.4 is 4.90 Å². The molecular formula is C15H21ClN2O4. The first kappa shape index (κ1) is 18.2. The van der Waals surface area contributed by atoms with Gasteiger partial charge in [0.25, 0.3) is 0 Å². The van der Waals surface area contributed by atoms with Crippen LogP contribution in [0.3, 0.4) is 0 Å². The lowest BCUT2D eigenvalue weighted by atomic mass is 10.2. The van der Waals surface area contributed by atoms with Crippen molar-refractivity contribution in [2.75, 3.05) is 4.90 Å². The predicted octanol–water partition coefficient (Wildman–Crippen LogP) is 4.41. The van der Waals surface area contributed by atoms with Crippen LogP contribution in [0, 0.1) is 0 Å². The molecule has 0 fully saturated rings. The highest BCUT2D eigenvalue weighted by atomic mass is 35.5. The second-order valence-corrected chi connectivity index (χ2v) is 7.01. The zero-order valence-corrected chi connectivity index (χ0v) is 14.4. The third-order valence-electron chi connectivity index (χ3n) is 2.10. The van der Waals surface area contributed by atoms with E-state index in [0.717, 1.165) is 0 Å². The summed E-state index contributed by atoms with van der Waals surface area (Å²) in [7, 11) is 0. The molecule has 0 spiro atoms. The molecule has 22 heavy (non-hydrogen) atoms. The van der Waals surface area contributed by atoms with Gasteiger partial charge >= 0.3 is 12.2 Å². The fraction of sp³-hybridized carbons (Fsp3) is 0.533. The van der Waals surface area contributed by atoms with E-state index in [1.54, 1.807) is 47.6 Å². The van der Waals surface area contributed by atoms with Crippen LogP contribution >= 0.6 is 11.6 Å². The summed E-state index contributed by atoms with van der Waals surface area (Å²) in [5.41, 5.74) is -1.56. The molecule has 2 amide bonds. The molecule has 122 valence electrons. The van der Waals surface area contributed by atoms with Crippen LogP contribution in [0.1, 0.15) is 41.5 Å². The van der Waals surface area contributed by atoms with E-state index in [1.165, 1.54) is 12.3 Å². The Balaban J connectivity index is 3.19. The van der Waals surface area contributed by atoms with Gasteiger partial charge < -0.3 is 9.47 Å². The molecule has 0 aliphatic rings. The number of imide groups is 1. The van der Waals surface area contributed by atoms with Crippen molar-refractivity contribution in [1.82, 2.24) is 4.98 Å². The first-order valence-electron chi connectivity index (χ1n) is 6.77. The van der Waals surface area contributed by atoms with Gasteiger partial charge in [-0.1, -0.05) is 11.6 Å². The summed E-state index contributed by atoms with van der Waals surface area (Å²) in [6, 6.07) is 3.11. The topological polar surface area (TPSA) is 68.7 Å². The molecule has 0 aliphatic heterocycles. The number of carbonyl (C=O) groups excluding carboxylic acids is 2. The lowest BCUT2D eigenvalue weighted by molar-refractivity contribution is 0.0429. The number of hydrogen-bond acceptors (Lipinski definition) is 5. The standard InChI is InChI=1S/C15H21ClN2O4/c1-14(2,3)21-12(19)18(13(20)22-15(4,5)6)11-10(16)8-7-9-17-11/h7-9H,1-6H3. The van der Waals surface area contributed by atoms with Gasteiger partial charge in [-0.2, -0.15) is 4.90 Å². The number of anilines is 1. The highest BCUT2D eigenvalue weighted by Crippen LogP contribution is 2.26. The second kappa shape index (κ2) is 6.52. The molecule has 6 nitrogen and oxygen atoms in total. The lowest BCUT2D eigenvalue weighted by Gasteiger charge is -2.28. The van der Waals surface area contributed by atoms with Crippen molar-refractivity contribution in [2.45, 2.75) is 52.7 Å². The van der Waals surface area contributed by atoms with E-state index in [1.807, 2.05) is 0 Å². The Morgan fingerprint density at radius 2 is 1.50 bits per heavy atom. The summed E-state index contributed by atoms with van der Waals surface area (Å²) in [4.78, 5) is 29.4. The number of rotatable bonds is 1. The Labute approximate surface area is 135 Å². The predicted molar refractivity (Wildman–Crippen MR) is 84.2 cm³/mol. The molecule has 0 unspecified atom stereocenters. The summed E-state index contributed by atoms with van der Waals surface area (Å²) >= 11 is 6.03. The van der Waals surface area contributed by atoms with Gasteiger partial charge in [-0.05, 0) is 53.7 Å². The molecule has 0 radical (unpaired) electrons. The van der Waals surface area contributed by atoms with Crippen LogP contribution in [0.5, 0.6) is 0 Å². The molecule has 0 N–H and O–H groups in total. The molecule has 0 saturated carbocycles. The quantitative estimate of drug-likeness (QED) is 0.763. The number of aromatic nitrogens is 1. The average Bonchev–Trinajstić information content (AvgIpc) is 2.27. The van der Waals surface area contributed by atoms with Crippen LogP contribution in [0.25, 0.3) is 0 Å². The minimum Gasteiger partial charge on any atom is -0.443 e. The molecule has 0 bridgehead atoms. The van der Waals surface area contributed by atoms with Crippen molar-refractivity contribution in [2.24, 2.45) is 0 Å². The maximum Gasteiger partial charge on any atom is 0.425 e. The maximum atomic E-state index is 12.3. The summed E-state index contributed by atoms with van der Waals surface area (Å²) in [6.45, 7) is 10.2. The summed E-state index contributed by atoms with van der Waals surface area (Å²) in [5.74, 6) is -0.0346. The van der Waals surface area contributed by atoms with Crippen LogP contribution in [0.2, 0.25) is 5.02 Å². The van der Waals surface area contributed by atoms with Crippen LogP contribution in [-0.4, -0.2) is 28.4 Å². The first-order valence-corrected chi connectivity index (χ1v) is 7.15. The number of amides is 2. The van der Waals surface area contributed by atoms with Crippen molar-refractivity contribution >= 4 is 29.6 Å². The Hall–Kier alpha value is -1.82. The Morgan fingerprint density at radius 1 is 1.05 bits per heavy atom. The number of halogens is 1. The minimum absolute atomic E-state index is 0.0346. The van der Waals surface area contributed by atoms with Gasteiger partial charge in [-0.25, -0.2) is 14.6 Å². The van der Waals surface area contributed by atoms with E-state index in [2.05, 4.69) is 4.98 Å².